The zero-order chi connectivity index (χ0) is 17.4. The molecule has 2 rings (SSSR count). The van der Waals surface area contributed by atoms with Crippen LogP contribution in [0.4, 0.5) is 5.69 Å². The molecule has 0 aliphatic carbocycles. The van der Waals surface area contributed by atoms with E-state index in [1.54, 1.807) is 32.4 Å². The molecule has 0 spiro atoms. The van der Waals surface area contributed by atoms with Crippen LogP contribution in [0.25, 0.3) is 0 Å². The van der Waals surface area contributed by atoms with Gasteiger partial charge in [0.1, 0.15) is 5.75 Å². The lowest BCUT2D eigenvalue weighted by Crippen LogP contribution is -2.29. The van der Waals surface area contributed by atoms with E-state index in [-0.39, 0.29) is 18.4 Å². The molecule has 2 aromatic carbocycles. The fourth-order valence-corrected chi connectivity index (χ4v) is 2.10. The van der Waals surface area contributed by atoms with Crippen molar-refractivity contribution < 1.29 is 14.3 Å². The van der Waals surface area contributed by atoms with E-state index in [2.05, 4.69) is 16.0 Å². The number of methoxy groups -OCH3 is 1. The first kappa shape index (κ1) is 17.3. The predicted molar refractivity (Wildman–Crippen MR) is 93.2 cm³/mol. The van der Waals surface area contributed by atoms with Gasteiger partial charge in [-0.3, -0.25) is 9.59 Å². The van der Waals surface area contributed by atoms with E-state index >= 15 is 0 Å². The van der Waals surface area contributed by atoms with E-state index in [1.165, 1.54) is 0 Å². The third-order valence-electron chi connectivity index (χ3n) is 3.45. The Balaban J connectivity index is 1.81. The number of hydrogen-bond acceptors (Lipinski definition) is 4. The molecule has 0 fully saturated rings. The molecule has 3 N–H and O–H groups in total. The van der Waals surface area contributed by atoms with Crippen molar-refractivity contribution in [3.05, 3.63) is 59.7 Å². The molecule has 0 bridgehead atoms. The Morgan fingerprint density at radius 2 is 1.83 bits per heavy atom. The van der Waals surface area contributed by atoms with Crippen molar-refractivity contribution in [1.29, 1.82) is 0 Å². The van der Waals surface area contributed by atoms with Crippen LogP contribution < -0.4 is 20.7 Å². The molecule has 2 aromatic rings. The number of rotatable bonds is 7. The van der Waals surface area contributed by atoms with Crippen molar-refractivity contribution in [2.24, 2.45) is 0 Å². The molecular weight excluding hydrogens is 306 g/mol. The second-order valence-corrected chi connectivity index (χ2v) is 5.14. The average Bonchev–Trinajstić information content (AvgIpc) is 2.64. The van der Waals surface area contributed by atoms with E-state index in [9.17, 15) is 9.59 Å². The minimum atomic E-state index is -0.164. The summed E-state index contributed by atoms with van der Waals surface area (Å²) < 4.78 is 5.09. The minimum absolute atomic E-state index is 0.129. The first-order valence-corrected chi connectivity index (χ1v) is 7.58. The van der Waals surface area contributed by atoms with Crippen LogP contribution in [0.1, 0.15) is 15.9 Å². The molecule has 0 aliphatic rings. The van der Waals surface area contributed by atoms with E-state index < -0.39 is 0 Å². The molecule has 0 atom stereocenters. The van der Waals surface area contributed by atoms with Gasteiger partial charge >= 0.3 is 0 Å². The third-order valence-corrected chi connectivity index (χ3v) is 3.45. The Morgan fingerprint density at radius 3 is 2.50 bits per heavy atom. The van der Waals surface area contributed by atoms with Crippen molar-refractivity contribution in [3.8, 4) is 5.75 Å². The second-order valence-electron chi connectivity index (χ2n) is 5.14. The maximum Gasteiger partial charge on any atom is 0.251 e. The van der Waals surface area contributed by atoms with E-state index in [0.29, 0.717) is 12.1 Å². The van der Waals surface area contributed by atoms with Crippen LogP contribution in [0.3, 0.4) is 0 Å². The Bertz CT molecular complexity index is 699. The zero-order valence-corrected chi connectivity index (χ0v) is 13.8. The minimum Gasteiger partial charge on any atom is -0.497 e. The molecule has 0 aliphatic heterocycles. The second kappa shape index (κ2) is 8.57. The summed E-state index contributed by atoms with van der Waals surface area (Å²) in [4.78, 5) is 23.5. The number of anilines is 1. The lowest BCUT2D eigenvalue weighted by Gasteiger charge is -2.09. The van der Waals surface area contributed by atoms with Crippen LogP contribution in [-0.4, -0.2) is 32.5 Å². The third kappa shape index (κ3) is 5.01. The number of ether oxygens (including phenoxy) is 1. The summed E-state index contributed by atoms with van der Waals surface area (Å²) in [6.07, 6.45) is 0. The Hall–Kier alpha value is -3.02. The first-order valence-electron chi connectivity index (χ1n) is 7.58. The van der Waals surface area contributed by atoms with Gasteiger partial charge in [0.05, 0.1) is 13.7 Å². The van der Waals surface area contributed by atoms with E-state index in [1.807, 2.05) is 30.3 Å². The normalized spacial score (nSPS) is 9.92. The molecule has 0 aromatic heterocycles. The topological polar surface area (TPSA) is 79.5 Å². The molecule has 0 saturated heterocycles. The van der Waals surface area contributed by atoms with Crippen molar-refractivity contribution in [1.82, 2.24) is 10.6 Å². The summed E-state index contributed by atoms with van der Waals surface area (Å²) in [5.74, 6) is 0.488. The van der Waals surface area contributed by atoms with Gasteiger partial charge in [-0.1, -0.05) is 18.2 Å². The Morgan fingerprint density at radius 1 is 1.08 bits per heavy atom. The maximum atomic E-state index is 11.9. The standard InChI is InChI=1S/C18H21N3O3/c1-19-18(23)14-4-3-5-15(10-14)20-12-17(22)21-11-13-6-8-16(24-2)9-7-13/h3-10,20H,11-12H2,1-2H3,(H,19,23)(H,21,22). The summed E-state index contributed by atoms with van der Waals surface area (Å²) in [7, 11) is 3.19. The summed E-state index contributed by atoms with van der Waals surface area (Å²) in [5.41, 5.74) is 2.25. The molecule has 6 heteroatoms. The summed E-state index contributed by atoms with van der Waals surface area (Å²) in [5, 5.41) is 8.40. The SMILES string of the molecule is CNC(=O)c1cccc(NCC(=O)NCc2ccc(OC)cc2)c1. The highest BCUT2D eigenvalue weighted by Gasteiger charge is 2.05. The van der Waals surface area contributed by atoms with Gasteiger partial charge in [0.15, 0.2) is 0 Å². The number of carbonyl (C=O) groups is 2. The van der Waals surface area contributed by atoms with Gasteiger partial charge in [-0.15, -0.1) is 0 Å². The smallest absolute Gasteiger partial charge is 0.251 e. The van der Waals surface area contributed by atoms with Crippen LogP contribution in [0, 0.1) is 0 Å². The van der Waals surface area contributed by atoms with Crippen molar-refractivity contribution in [3.63, 3.8) is 0 Å². The van der Waals surface area contributed by atoms with Gasteiger partial charge in [0.25, 0.3) is 5.91 Å². The van der Waals surface area contributed by atoms with Gasteiger partial charge < -0.3 is 20.7 Å². The number of hydrogen-bond donors (Lipinski definition) is 3. The quantitative estimate of drug-likeness (QED) is 0.724. The number of benzene rings is 2. The van der Waals surface area contributed by atoms with Crippen LogP contribution in [-0.2, 0) is 11.3 Å². The fourth-order valence-electron chi connectivity index (χ4n) is 2.10. The summed E-state index contributed by atoms with van der Waals surface area (Å²) in [6.45, 7) is 0.580. The highest BCUT2D eigenvalue weighted by molar-refractivity contribution is 5.95. The first-order chi connectivity index (χ1) is 11.6. The summed E-state index contributed by atoms with van der Waals surface area (Å²) in [6, 6.07) is 14.5. The summed E-state index contributed by atoms with van der Waals surface area (Å²) >= 11 is 0. The largest absolute Gasteiger partial charge is 0.497 e. The number of nitrogens with one attached hydrogen (secondary N) is 3. The molecule has 2 amide bonds. The Labute approximate surface area is 141 Å². The molecule has 0 radical (unpaired) electrons. The van der Waals surface area contributed by atoms with Gasteiger partial charge in [-0.05, 0) is 35.9 Å². The molecular formula is C18H21N3O3. The molecule has 126 valence electrons. The van der Waals surface area contributed by atoms with Gasteiger partial charge in [-0.25, -0.2) is 0 Å². The monoisotopic (exact) mass is 327 g/mol. The lowest BCUT2D eigenvalue weighted by molar-refractivity contribution is -0.119. The Kier molecular flexibility index (Phi) is 6.19. The molecule has 6 nitrogen and oxygen atoms in total. The van der Waals surface area contributed by atoms with E-state index in [4.69, 9.17) is 4.74 Å². The molecule has 24 heavy (non-hydrogen) atoms. The highest BCUT2D eigenvalue weighted by atomic mass is 16.5. The van der Waals surface area contributed by atoms with Crippen molar-refractivity contribution in [2.45, 2.75) is 6.54 Å². The van der Waals surface area contributed by atoms with Crippen molar-refractivity contribution in [2.75, 3.05) is 26.0 Å². The lowest BCUT2D eigenvalue weighted by atomic mass is 10.2. The molecule has 0 saturated carbocycles. The van der Waals surface area contributed by atoms with Gasteiger partial charge in [0, 0.05) is 24.8 Å². The van der Waals surface area contributed by atoms with Crippen LogP contribution in [0.2, 0.25) is 0 Å². The molecule has 0 unspecified atom stereocenters. The maximum absolute atomic E-state index is 11.9. The average molecular weight is 327 g/mol. The zero-order valence-electron chi connectivity index (χ0n) is 13.8. The fraction of sp³-hybridized carbons (Fsp3) is 0.222. The highest BCUT2D eigenvalue weighted by Crippen LogP contribution is 2.11. The van der Waals surface area contributed by atoms with Crippen LogP contribution in [0.5, 0.6) is 5.75 Å². The van der Waals surface area contributed by atoms with Crippen LogP contribution >= 0.6 is 0 Å². The number of amides is 2. The van der Waals surface area contributed by atoms with E-state index in [0.717, 1.165) is 17.0 Å². The predicted octanol–water partition coefficient (Wildman–Crippen LogP) is 1.78. The van der Waals surface area contributed by atoms with Gasteiger partial charge in [0.2, 0.25) is 5.91 Å². The van der Waals surface area contributed by atoms with Crippen molar-refractivity contribution >= 4 is 17.5 Å². The van der Waals surface area contributed by atoms with Crippen LogP contribution in [0.15, 0.2) is 48.5 Å². The number of carbonyl (C=O) groups excluding carboxylic acids is 2. The van der Waals surface area contributed by atoms with Gasteiger partial charge in [-0.2, -0.15) is 0 Å². The molecule has 0 heterocycles.